The molecule has 100 valence electrons. The first-order valence-corrected chi connectivity index (χ1v) is 6.72. The largest absolute Gasteiger partial charge is 0.497 e. The van der Waals surface area contributed by atoms with Gasteiger partial charge in [-0.3, -0.25) is 0 Å². The monoisotopic (exact) mass is 247 g/mol. The van der Waals surface area contributed by atoms with Crippen LogP contribution in [0.4, 0.5) is 0 Å². The Morgan fingerprint density at radius 1 is 1.39 bits per heavy atom. The van der Waals surface area contributed by atoms with Crippen molar-refractivity contribution in [3.05, 3.63) is 35.4 Å². The molecule has 1 aromatic rings. The molecule has 2 heteroatoms. The van der Waals surface area contributed by atoms with Crippen LogP contribution in [0.15, 0.2) is 29.8 Å². The van der Waals surface area contributed by atoms with Crippen molar-refractivity contribution in [2.24, 2.45) is 5.92 Å². The quantitative estimate of drug-likeness (QED) is 0.741. The summed E-state index contributed by atoms with van der Waals surface area (Å²) in [5, 5.41) is 3.47. The van der Waals surface area contributed by atoms with E-state index in [1.807, 2.05) is 12.1 Å². The van der Waals surface area contributed by atoms with Crippen LogP contribution in [0.2, 0.25) is 0 Å². The first-order chi connectivity index (χ1) is 8.67. The molecule has 0 aliphatic rings. The number of nitrogens with one attached hydrogen (secondary N) is 1. The molecule has 0 radical (unpaired) electrons. The van der Waals surface area contributed by atoms with Crippen LogP contribution in [0.3, 0.4) is 0 Å². The number of hydrogen-bond donors (Lipinski definition) is 1. The summed E-state index contributed by atoms with van der Waals surface area (Å²) >= 11 is 0. The lowest BCUT2D eigenvalue weighted by Crippen LogP contribution is -2.19. The second-order valence-electron chi connectivity index (χ2n) is 4.83. The Balaban J connectivity index is 2.79. The molecule has 0 atom stereocenters. The van der Waals surface area contributed by atoms with Gasteiger partial charge in [-0.15, -0.1) is 0 Å². The summed E-state index contributed by atoms with van der Waals surface area (Å²) < 4.78 is 5.25. The Morgan fingerprint density at radius 2 is 2.17 bits per heavy atom. The molecule has 0 fully saturated rings. The van der Waals surface area contributed by atoms with Crippen LogP contribution < -0.4 is 10.1 Å². The molecule has 1 rings (SSSR count). The van der Waals surface area contributed by atoms with Gasteiger partial charge in [-0.2, -0.15) is 0 Å². The first kappa shape index (κ1) is 14.8. The fraction of sp³-hybridized carbons (Fsp3) is 0.500. The van der Waals surface area contributed by atoms with Gasteiger partial charge in [-0.1, -0.05) is 44.6 Å². The molecule has 0 saturated carbocycles. The van der Waals surface area contributed by atoms with E-state index < -0.39 is 0 Å². The zero-order valence-corrected chi connectivity index (χ0v) is 12.0. The lowest BCUT2D eigenvalue weighted by molar-refractivity contribution is 0.414. The number of rotatable bonds is 7. The second-order valence-corrected chi connectivity index (χ2v) is 4.83. The van der Waals surface area contributed by atoms with Gasteiger partial charge in [0.05, 0.1) is 7.11 Å². The van der Waals surface area contributed by atoms with E-state index in [1.165, 1.54) is 17.6 Å². The Morgan fingerprint density at radius 3 is 2.78 bits per heavy atom. The van der Waals surface area contributed by atoms with Crippen molar-refractivity contribution in [3.63, 3.8) is 0 Å². The van der Waals surface area contributed by atoms with E-state index in [0.717, 1.165) is 18.8 Å². The van der Waals surface area contributed by atoms with Crippen molar-refractivity contribution in [1.29, 1.82) is 0 Å². The fourth-order valence-corrected chi connectivity index (χ4v) is 1.78. The van der Waals surface area contributed by atoms with Crippen molar-refractivity contribution >= 4 is 6.08 Å². The van der Waals surface area contributed by atoms with Crippen molar-refractivity contribution in [3.8, 4) is 5.75 Å². The van der Waals surface area contributed by atoms with Gasteiger partial charge in [0.15, 0.2) is 0 Å². The predicted molar refractivity (Wildman–Crippen MR) is 79.0 cm³/mol. The average molecular weight is 247 g/mol. The summed E-state index contributed by atoms with van der Waals surface area (Å²) in [4.78, 5) is 0. The van der Waals surface area contributed by atoms with Crippen molar-refractivity contribution in [2.75, 3.05) is 20.2 Å². The molecular weight excluding hydrogens is 222 g/mol. The van der Waals surface area contributed by atoms with Crippen LogP contribution in [0.25, 0.3) is 6.08 Å². The second kappa shape index (κ2) is 7.93. The molecule has 0 aliphatic carbocycles. The molecule has 0 bridgehead atoms. The van der Waals surface area contributed by atoms with Crippen LogP contribution >= 0.6 is 0 Å². The summed E-state index contributed by atoms with van der Waals surface area (Å²) in [6.07, 6.45) is 3.43. The third-order valence-electron chi connectivity index (χ3n) is 2.94. The van der Waals surface area contributed by atoms with E-state index in [0.29, 0.717) is 5.92 Å². The molecule has 0 heterocycles. The van der Waals surface area contributed by atoms with Gasteiger partial charge in [0.2, 0.25) is 0 Å². The van der Waals surface area contributed by atoms with Gasteiger partial charge < -0.3 is 10.1 Å². The lowest BCUT2D eigenvalue weighted by atomic mass is 10.00. The summed E-state index contributed by atoms with van der Waals surface area (Å²) in [7, 11) is 1.70. The highest BCUT2D eigenvalue weighted by Gasteiger charge is 2.03. The van der Waals surface area contributed by atoms with E-state index in [2.05, 4.69) is 44.3 Å². The molecule has 0 unspecified atom stereocenters. The molecule has 0 saturated heterocycles. The predicted octanol–water partition coefficient (Wildman–Crippen LogP) is 3.73. The van der Waals surface area contributed by atoms with E-state index in [1.54, 1.807) is 7.11 Å². The van der Waals surface area contributed by atoms with E-state index in [9.17, 15) is 0 Å². The average Bonchev–Trinajstić information content (AvgIpc) is 2.38. The Labute approximate surface area is 111 Å². The van der Waals surface area contributed by atoms with E-state index in [-0.39, 0.29) is 0 Å². The summed E-state index contributed by atoms with van der Waals surface area (Å²) in [5.74, 6) is 1.47. The highest BCUT2D eigenvalue weighted by Crippen LogP contribution is 2.18. The summed E-state index contributed by atoms with van der Waals surface area (Å²) in [5.41, 5.74) is 2.63. The molecule has 0 spiro atoms. The van der Waals surface area contributed by atoms with Crippen molar-refractivity contribution in [2.45, 2.75) is 27.2 Å². The number of benzene rings is 1. The van der Waals surface area contributed by atoms with Crippen LogP contribution in [0, 0.1) is 5.92 Å². The zero-order valence-electron chi connectivity index (χ0n) is 12.0. The maximum atomic E-state index is 5.25. The Bertz CT molecular complexity index is 382. The van der Waals surface area contributed by atoms with Gasteiger partial charge in [-0.25, -0.2) is 0 Å². The van der Waals surface area contributed by atoms with Gasteiger partial charge in [0, 0.05) is 6.54 Å². The fourth-order valence-electron chi connectivity index (χ4n) is 1.78. The third kappa shape index (κ3) is 4.92. The lowest BCUT2D eigenvalue weighted by Gasteiger charge is -2.13. The first-order valence-electron chi connectivity index (χ1n) is 6.72. The number of hydrogen-bond acceptors (Lipinski definition) is 2. The van der Waals surface area contributed by atoms with E-state index >= 15 is 0 Å². The minimum Gasteiger partial charge on any atom is -0.497 e. The highest BCUT2D eigenvalue weighted by atomic mass is 16.5. The normalized spacial score (nSPS) is 11.9. The molecule has 0 aliphatic heterocycles. The Hall–Kier alpha value is -1.28. The van der Waals surface area contributed by atoms with Gasteiger partial charge in [0.1, 0.15) is 5.75 Å². The third-order valence-corrected chi connectivity index (χ3v) is 2.94. The van der Waals surface area contributed by atoms with Gasteiger partial charge in [-0.05, 0) is 36.6 Å². The molecule has 2 nitrogen and oxygen atoms in total. The minimum absolute atomic E-state index is 0.556. The van der Waals surface area contributed by atoms with Crippen molar-refractivity contribution < 1.29 is 4.74 Å². The maximum absolute atomic E-state index is 5.25. The van der Waals surface area contributed by atoms with E-state index in [4.69, 9.17) is 4.74 Å². The van der Waals surface area contributed by atoms with Crippen LogP contribution in [0.1, 0.15) is 32.8 Å². The molecule has 0 amide bonds. The smallest absolute Gasteiger partial charge is 0.119 e. The molecule has 1 aromatic carbocycles. The zero-order chi connectivity index (χ0) is 13.4. The molecule has 0 aromatic heterocycles. The van der Waals surface area contributed by atoms with Crippen LogP contribution in [-0.2, 0) is 0 Å². The topological polar surface area (TPSA) is 21.3 Å². The Kier molecular flexibility index (Phi) is 6.51. The molecular formula is C16H25NO. The van der Waals surface area contributed by atoms with Crippen molar-refractivity contribution in [1.82, 2.24) is 5.32 Å². The summed E-state index contributed by atoms with van der Waals surface area (Å²) in [6, 6.07) is 8.19. The molecule has 18 heavy (non-hydrogen) atoms. The standard InChI is InChI=1S/C16H25NO/c1-5-9-17-12-15(13(2)3)10-14-7-6-8-16(11-14)18-4/h6-8,10-11,13,17H,5,9,12H2,1-4H3. The van der Waals surface area contributed by atoms with Crippen LogP contribution in [-0.4, -0.2) is 20.2 Å². The number of ether oxygens (including phenoxy) is 1. The SMILES string of the molecule is CCCNCC(=Cc1cccc(OC)c1)C(C)C. The summed E-state index contributed by atoms with van der Waals surface area (Å²) in [6.45, 7) is 8.69. The maximum Gasteiger partial charge on any atom is 0.119 e. The van der Waals surface area contributed by atoms with Gasteiger partial charge in [0.25, 0.3) is 0 Å². The van der Waals surface area contributed by atoms with Crippen LogP contribution in [0.5, 0.6) is 5.75 Å². The minimum atomic E-state index is 0.556. The highest BCUT2D eigenvalue weighted by molar-refractivity contribution is 5.55. The number of methoxy groups -OCH3 is 1. The van der Waals surface area contributed by atoms with Gasteiger partial charge >= 0.3 is 0 Å². The molecule has 1 N–H and O–H groups in total.